The fraction of sp³-hybridized carbons (Fsp3) is 0.250. The Morgan fingerprint density at radius 2 is 1.93 bits per heavy atom. The maximum atomic E-state index is 13.2. The highest BCUT2D eigenvalue weighted by molar-refractivity contribution is 8.27. The van der Waals surface area contributed by atoms with Crippen molar-refractivity contribution in [3.63, 3.8) is 0 Å². The van der Waals surface area contributed by atoms with Crippen molar-refractivity contribution < 1.29 is 13.2 Å². The van der Waals surface area contributed by atoms with Gasteiger partial charge in [0.1, 0.15) is 5.82 Å². The van der Waals surface area contributed by atoms with Gasteiger partial charge in [0.15, 0.2) is 11.6 Å². The van der Waals surface area contributed by atoms with Crippen molar-refractivity contribution in [3.05, 3.63) is 29.1 Å². The maximum Gasteiger partial charge on any atom is 0.174 e. The first kappa shape index (κ1) is 11.6. The van der Waals surface area contributed by atoms with Crippen molar-refractivity contribution in [2.75, 3.05) is 0 Å². The van der Waals surface area contributed by atoms with Crippen molar-refractivity contribution in [1.29, 1.82) is 0 Å². The first-order valence-corrected chi connectivity index (χ1v) is 6.02. The van der Waals surface area contributed by atoms with Crippen LogP contribution < -0.4 is 5.14 Å². The smallest absolute Gasteiger partial charge is 0.174 e. The highest BCUT2D eigenvalue weighted by atomic mass is 32.8. The van der Waals surface area contributed by atoms with E-state index in [1.807, 2.05) is 0 Å². The first-order valence-electron chi connectivity index (χ1n) is 3.81. The fourth-order valence-electron chi connectivity index (χ4n) is 1.08. The fourth-order valence-corrected chi connectivity index (χ4v) is 1.93. The normalized spacial score (nSPS) is 12.9. The molecule has 2 N–H and O–H groups in total. The zero-order chi connectivity index (χ0) is 10.9. The molecule has 1 rings (SSSR count). The SMILES string of the molecule is CCc1c(F)cc(S(N)=S)c(F)c1F. The Balaban J connectivity index is 3.47. The number of rotatable bonds is 2. The van der Waals surface area contributed by atoms with Gasteiger partial charge >= 0.3 is 0 Å². The van der Waals surface area contributed by atoms with Crippen LogP contribution in [0, 0.1) is 17.5 Å². The minimum Gasteiger partial charge on any atom is -0.271 e. The average Bonchev–Trinajstić information content (AvgIpc) is 2.12. The lowest BCUT2D eigenvalue weighted by Gasteiger charge is -2.07. The van der Waals surface area contributed by atoms with Gasteiger partial charge < -0.3 is 0 Å². The van der Waals surface area contributed by atoms with Crippen LogP contribution in [0.2, 0.25) is 0 Å². The van der Waals surface area contributed by atoms with E-state index in [1.54, 1.807) is 0 Å². The lowest BCUT2D eigenvalue weighted by Crippen LogP contribution is -2.09. The molecule has 0 fully saturated rings. The highest BCUT2D eigenvalue weighted by Gasteiger charge is 2.18. The van der Waals surface area contributed by atoms with Gasteiger partial charge in [0, 0.05) is 5.56 Å². The molecule has 1 unspecified atom stereocenters. The summed E-state index contributed by atoms with van der Waals surface area (Å²) in [6.07, 6.45) is 0.0879. The van der Waals surface area contributed by atoms with Gasteiger partial charge in [-0.05, 0) is 33.3 Å². The summed E-state index contributed by atoms with van der Waals surface area (Å²) in [5, 5.41) is 5.21. The van der Waals surface area contributed by atoms with Gasteiger partial charge in [0.05, 0.1) is 4.90 Å². The van der Waals surface area contributed by atoms with E-state index in [2.05, 4.69) is 11.2 Å². The molecule has 0 spiro atoms. The summed E-state index contributed by atoms with van der Waals surface area (Å²) < 4.78 is 39.5. The Labute approximate surface area is 86.8 Å². The van der Waals surface area contributed by atoms with Crippen LogP contribution in [-0.2, 0) is 27.2 Å². The van der Waals surface area contributed by atoms with E-state index < -0.39 is 27.1 Å². The largest absolute Gasteiger partial charge is 0.271 e. The second-order valence-corrected chi connectivity index (χ2v) is 4.73. The molecule has 14 heavy (non-hydrogen) atoms. The first-order chi connectivity index (χ1) is 6.49. The molecular weight excluding hydrogens is 231 g/mol. The second kappa shape index (κ2) is 4.37. The van der Waals surface area contributed by atoms with Gasteiger partial charge in [-0.15, -0.1) is 0 Å². The molecule has 0 saturated carbocycles. The lowest BCUT2D eigenvalue weighted by atomic mass is 10.1. The molecule has 1 nitrogen and oxygen atoms in total. The minimum absolute atomic E-state index is 0.0879. The van der Waals surface area contributed by atoms with E-state index in [4.69, 9.17) is 5.14 Å². The Kier molecular flexibility index (Phi) is 3.63. The zero-order valence-corrected chi connectivity index (χ0v) is 8.95. The quantitative estimate of drug-likeness (QED) is 0.799. The molecule has 0 aromatic heterocycles. The molecule has 1 atom stereocenters. The van der Waals surface area contributed by atoms with Crippen molar-refractivity contribution in [2.24, 2.45) is 5.14 Å². The molecule has 0 aliphatic heterocycles. The zero-order valence-electron chi connectivity index (χ0n) is 7.31. The Bertz CT molecular complexity index is 393. The molecule has 78 valence electrons. The van der Waals surface area contributed by atoms with Gasteiger partial charge in [-0.2, -0.15) is 0 Å². The second-order valence-electron chi connectivity index (χ2n) is 2.61. The van der Waals surface area contributed by atoms with E-state index in [0.29, 0.717) is 0 Å². The maximum absolute atomic E-state index is 13.2. The number of halogens is 3. The molecule has 0 heterocycles. The van der Waals surface area contributed by atoms with Gasteiger partial charge in [-0.1, -0.05) is 6.92 Å². The van der Waals surface area contributed by atoms with E-state index in [0.717, 1.165) is 6.07 Å². The minimum atomic E-state index is -1.39. The summed E-state index contributed by atoms with van der Waals surface area (Å²) in [6.45, 7) is 1.54. The van der Waals surface area contributed by atoms with Crippen LogP contribution in [0.25, 0.3) is 0 Å². The van der Waals surface area contributed by atoms with Crippen LogP contribution in [0.1, 0.15) is 12.5 Å². The average molecular weight is 239 g/mol. The third kappa shape index (κ3) is 1.97. The topological polar surface area (TPSA) is 26.0 Å². The summed E-state index contributed by atoms with van der Waals surface area (Å²) in [6, 6.07) is 0.868. The van der Waals surface area contributed by atoms with Gasteiger partial charge in [-0.3, -0.25) is 5.14 Å². The lowest BCUT2D eigenvalue weighted by molar-refractivity contribution is 0.464. The number of hydrogen-bond acceptors (Lipinski definition) is 1. The summed E-state index contributed by atoms with van der Waals surface area (Å²) in [4.78, 5) is -0.285. The molecule has 0 radical (unpaired) electrons. The predicted octanol–water partition coefficient (Wildman–Crippen LogP) is 1.98. The van der Waals surface area contributed by atoms with E-state index in [-0.39, 0.29) is 16.9 Å². The van der Waals surface area contributed by atoms with Crippen LogP contribution >= 0.6 is 0 Å². The van der Waals surface area contributed by atoms with Crippen molar-refractivity contribution in [1.82, 2.24) is 0 Å². The molecule has 0 amide bonds. The monoisotopic (exact) mass is 239 g/mol. The molecular formula is C8H8F3NS2. The van der Waals surface area contributed by atoms with E-state index in [1.165, 1.54) is 6.92 Å². The number of benzene rings is 1. The summed E-state index contributed by atoms with van der Waals surface area (Å²) in [5.74, 6) is -3.12. The van der Waals surface area contributed by atoms with Crippen LogP contribution in [0.5, 0.6) is 0 Å². The molecule has 1 aromatic rings. The van der Waals surface area contributed by atoms with Gasteiger partial charge in [0.2, 0.25) is 0 Å². The van der Waals surface area contributed by atoms with Crippen LogP contribution in [0.15, 0.2) is 11.0 Å². The van der Waals surface area contributed by atoms with E-state index in [9.17, 15) is 13.2 Å². The molecule has 0 aliphatic carbocycles. The number of hydrogen-bond donors (Lipinski definition) is 1. The Hall–Kier alpha value is -0.460. The van der Waals surface area contributed by atoms with Crippen LogP contribution in [0.4, 0.5) is 13.2 Å². The Morgan fingerprint density at radius 3 is 2.36 bits per heavy atom. The summed E-state index contributed by atoms with van der Waals surface area (Å²) in [7, 11) is -1.39. The molecule has 0 saturated heterocycles. The predicted molar refractivity (Wildman–Crippen MR) is 52.9 cm³/mol. The standard InChI is InChI=1S/C8H8F3NS2/c1-2-4-5(9)3-6(14(12)13)8(11)7(4)10/h3H,2,12H2,1H3. The van der Waals surface area contributed by atoms with Crippen molar-refractivity contribution >= 4 is 20.8 Å². The van der Waals surface area contributed by atoms with Gasteiger partial charge in [0.25, 0.3) is 0 Å². The highest BCUT2D eigenvalue weighted by Crippen LogP contribution is 2.21. The third-order valence-electron chi connectivity index (χ3n) is 1.79. The summed E-state index contributed by atoms with van der Waals surface area (Å²) in [5.41, 5.74) is -0.272. The molecule has 0 bridgehead atoms. The van der Waals surface area contributed by atoms with Crippen molar-refractivity contribution in [2.45, 2.75) is 18.2 Å². The number of nitrogens with two attached hydrogens (primary N) is 1. The molecule has 1 aromatic carbocycles. The Morgan fingerprint density at radius 1 is 1.36 bits per heavy atom. The molecule has 6 heteroatoms. The molecule has 0 aliphatic rings. The van der Waals surface area contributed by atoms with Crippen molar-refractivity contribution in [3.8, 4) is 0 Å². The third-order valence-corrected chi connectivity index (χ3v) is 3.06. The van der Waals surface area contributed by atoms with Gasteiger partial charge in [-0.25, -0.2) is 13.2 Å². The van der Waals surface area contributed by atoms with Crippen LogP contribution in [0.3, 0.4) is 0 Å². The van der Waals surface area contributed by atoms with E-state index >= 15 is 0 Å². The summed E-state index contributed by atoms with van der Waals surface area (Å²) >= 11 is 4.56. The van der Waals surface area contributed by atoms with Crippen LogP contribution in [-0.4, -0.2) is 0 Å².